The van der Waals surface area contributed by atoms with Gasteiger partial charge in [0.1, 0.15) is 4.90 Å². The molecule has 0 aliphatic heterocycles. The van der Waals surface area contributed by atoms with Gasteiger partial charge in [0.2, 0.25) is 10.0 Å². The summed E-state index contributed by atoms with van der Waals surface area (Å²) in [7, 11) is -3.64. The molecule has 2 unspecified atom stereocenters. The van der Waals surface area contributed by atoms with Crippen molar-refractivity contribution < 1.29 is 8.42 Å². The van der Waals surface area contributed by atoms with E-state index in [1.54, 1.807) is 12.1 Å². The summed E-state index contributed by atoms with van der Waals surface area (Å²) in [5.41, 5.74) is 6.06. The summed E-state index contributed by atoms with van der Waals surface area (Å²) < 4.78 is 28.3. The van der Waals surface area contributed by atoms with Crippen molar-refractivity contribution in [2.24, 2.45) is 5.73 Å². The number of hydrogen-bond acceptors (Lipinski definition) is 3. The molecule has 2 atom stereocenters. The standard InChI is InChI=1S/C13H18BrClN2O2S/c14-9-6-7-13(10(15)8-9)20(18,19)17-12-5-3-1-2-4-11(12)16/h6-8,11-12,17H,1-5,16H2. The molecular formula is C13H18BrClN2O2S. The Balaban J connectivity index is 2.21. The zero-order valence-electron chi connectivity index (χ0n) is 11.0. The minimum absolute atomic E-state index is 0.0961. The molecule has 0 bridgehead atoms. The number of sulfonamides is 1. The predicted octanol–water partition coefficient (Wildman–Crippen LogP) is 3.04. The van der Waals surface area contributed by atoms with Crippen molar-refractivity contribution in [1.29, 1.82) is 0 Å². The van der Waals surface area contributed by atoms with E-state index in [1.807, 2.05) is 0 Å². The van der Waals surface area contributed by atoms with E-state index in [4.69, 9.17) is 17.3 Å². The molecule has 1 aromatic rings. The van der Waals surface area contributed by atoms with Gasteiger partial charge in [0.05, 0.1) is 5.02 Å². The van der Waals surface area contributed by atoms with Gasteiger partial charge in [0.15, 0.2) is 0 Å². The van der Waals surface area contributed by atoms with Crippen LogP contribution in [-0.2, 0) is 10.0 Å². The summed E-state index contributed by atoms with van der Waals surface area (Å²) >= 11 is 9.28. The molecule has 3 N–H and O–H groups in total. The fourth-order valence-corrected chi connectivity index (χ4v) is 4.80. The molecule has 0 aromatic heterocycles. The lowest BCUT2D eigenvalue weighted by Crippen LogP contribution is -2.46. The first kappa shape index (κ1) is 16.2. The number of nitrogens with one attached hydrogen (secondary N) is 1. The predicted molar refractivity (Wildman–Crippen MR) is 84.3 cm³/mol. The second-order valence-corrected chi connectivity index (χ2v) is 8.11. The molecule has 1 saturated carbocycles. The maximum atomic E-state index is 12.4. The summed E-state index contributed by atoms with van der Waals surface area (Å²) in [6, 6.07) is 4.37. The number of hydrogen-bond donors (Lipinski definition) is 2. The van der Waals surface area contributed by atoms with Crippen LogP contribution in [0.25, 0.3) is 0 Å². The number of nitrogens with two attached hydrogens (primary N) is 1. The van der Waals surface area contributed by atoms with E-state index in [0.29, 0.717) is 0 Å². The van der Waals surface area contributed by atoms with Crippen LogP contribution in [0, 0.1) is 0 Å². The van der Waals surface area contributed by atoms with Crippen LogP contribution >= 0.6 is 27.5 Å². The third-order valence-corrected chi connectivity index (χ3v) is 6.03. The minimum atomic E-state index is -3.64. The molecule has 0 spiro atoms. The van der Waals surface area contributed by atoms with Crippen LogP contribution in [0.4, 0.5) is 0 Å². The SMILES string of the molecule is NC1CCCCCC1NS(=O)(=O)c1ccc(Br)cc1Cl. The summed E-state index contributed by atoms with van der Waals surface area (Å²) in [5, 5.41) is 0.203. The van der Waals surface area contributed by atoms with Gasteiger partial charge >= 0.3 is 0 Å². The molecule has 1 aromatic carbocycles. The van der Waals surface area contributed by atoms with E-state index in [1.165, 1.54) is 6.07 Å². The summed E-state index contributed by atoms with van der Waals surface area (Å²) in [4.78, 5) is 0.0961. The number of rotatable bonds is 3. The van der Waals surface area contributed by atoms with E-state index >= 15 is 0 Å². The number of halogens is 2. The van der Waals surface area contributed by atoms with Crippen LogP contribution in [0.15, 0.2) is 27.6 Å². The highest BCUT2D eigenvalue weighted by molar-refractivity contribution is 9.10. The highest BCUT2D eigenvalue weighted by Gasteiger charge is 2.27. The Morgan fingerprint density at radius 2 is 1.95 bits per heavy atom. The summed E-state index contributed by atoms with van der Waals surface area (Å²) in [6.45, 7) is 0. The Labute approximate surface area is 133 Å². The molecule has 20 heavy (non-hydrogen) atoms. The van der Waals surface area contributed by atoms with Crippen molar-refractivity contribution in [1.82, 2.24) is 4.72 Å². The quantitative estimate of drug-likeness (QED) is 0.790. The van der Waals surface area contributed by atoms with Crippen molar-refractivity contribution >= 4 is 37.6 Å². The van der Waals surface area contributed by atoms with Crippen LogP contribution < -0.4 is 10.5 Å². The molecule has 7 heteroatoms. The molecular weight excluding hydrogens is 364 g/mol. The summed E-state index contributed by atoms with van der Waals surface area (Å²) in [5.74, 6) is 0. The highest BCUT2D eigenvalue weighted by Crippen LogP contribution is 2.26. The molecule has 0 radical (unpaired) electrons. The lowest BCUT2D eigenvalue weighted by molar-refractivity contribution is 0.456. The monoisotopic (exact) mass is 380 g/mol. The van der Waals surface area contributed by atoms with Crippen LogP contribution in [0.1, 0.15) is 32.1 Å². The third kappa shape index (κ3) is 3.95. The topological polar surface area (TPSA) is 72.2 Å². The Morgan fingerprint density at radius 1 is 1.25 bits per heavy atom. The van der Waals surface area contributed by atoms with Crippen LogP contribution in [-0.4, -0.2) is 20.5 Å². The van der Waals surface area contributed by atoms with Crippen molar-refractivity contribution in [3.8, 4) is 0 Å². The molecule has 4 nitrogen and oxygen atoms in total. The fraction of sp³-hybridized carbons (Fsp3) is 0.538. The van der Waals surface area contributed by atoms with Gasteiger partial charge < -0.3 is 5.73 Å². The van der Waals surface area contributed by atoms with Gasteiger partial charge in [-0.3, -0.25) is 0 Å². The van der Waals surface area contributed by atoms with Crippen molar-refractivity contribution in [3.05, 3.63) is 27.7 Å². The van der Waals surface area contributed by atoms with E-state index in [9.17, 15) is 8.42 Å². The van der Waals surface area contributed by atoms with Crippen molar-refractivity contribution in [2.75, 3.05) is 0 Å². The molecule has 1 aliphatic rings. The second-order valence-electron chi connectivity index (χ2n) is 5.10. The third-order valence-electron chi connectivity index (χ3n) is 3.56. The molecule has 2 rings (SSSR count). The van der Waals surface area contributed by atoms with Gasteiger partial charge in [-0.1, -0.05) is 46.8 Å². The Kier molecular flexibility index (Phi) is 5.48. The smallest absolute Gasteiger partial charge is 0.242 e. The lowest BCUT2D eigenvalue weighted by Gasteiger charge is -2.22. The maximum Gasteiger partial charge on any atom is 0.242 e. The first-order valence-electron chi connectivity index (χ1n) is 6.63. The van der Waals surface area contributed by atoms with Gasteiger partial charge in [-0.05, 0) is 31.0 Å². The Hall–Kier alpha value is -0.140. The number of benzene rings is 1. The zero-order valence-corrected chi connectivity index (χ0v) is 14.1. The van der Waals surface area contributed by atoms with E-state index in [2.05, 4.69) is 20.7 Å². The van der Waals surface area contributed by atoms with E-state index in [-0.39, 0.29) is 22.0 Å². The van der Waals surface area contributed by atoms with Crippen molar-refractivity contribution in [2.45, 2.75) is 49.1 Å². The summed E-state index contributed by atoms with van der Waals surface area (Å²) in [6.07, 6.45) is 4.77. The second kappa shape index (κ2) is 6.75. The first-order chi connectivity index (χ1) is 9.40. The van der Waals surface area contributed by atoms with E-state index < -0.39 is 10.0 Å². The van der Waals surface area contributed by atoms with Crippen LogP contribution in [0.2, 0.25) is 5.02 Å². The molecule has 0 saturated heterocycles. The van der Waals surface area contributed by atoms with Gasteiger partial charge in [-0.25, -0.2) is 13.1 Å². The largest absolute Gasteiger partial charge is 0.326 e. The Morgan fingerprint density at radius 3 is 2.65 bits per heavy atom. The highest BCUT2D eigenvalue weighted by atomic mass is 79.9. The van der Waals surface area contributed by atoms with Gasteiger partial charge in [0.25, 0.3) is 0 Å². The van der Waals surface area contributed by atoms with Gasteiger partial charge in [-0.2, -0.15) is 0 Å². The normalized spacial score (nSPS) is 24.4. The lowest BCUT2D eigenvalue weighted by atomic mass is 10.1. The molecule has 0 amide bonds. The first-order valence-corrected chi connectivity index (χ1v) is 9.28. The minimum Gasteiger partial charge on any atom is -0.326 e. The average molecular weight is 382 g/mol. The molecule has 1 fully saturated rings. The fourth-order valence-electron chi connectivity index (χ4n) is 2.44. The van der Waals surface area contributed by atoms with Crippen molar-refractivity contribution in [3.63, 3.8) is 0 Å². The van der Waals surface area contributed by atoms with Gasteiger partial charge in [-0.15, -0.1) is 0 Å². The molecule has 0 heterocycles. The Bertz CT molecular complexity index is 580. The van der Waals surface area contributed by atoms with Crippen LogP contribution in [0.3, 0.4) is 0 Å². The molecule has 1 aliphatic carbocycles. The maximum absolute atomic E-state index is 12.4. The molecule has 112 valence electrons. The van der Waals surface area contributed by atoms with E-state index in [0.717, 1.165) is 36.6 Å². The average Bonchev–Trinajstić information content (AvgIpc) is 2.54. The van der Waals surface area contributed by atoms with Gasteiger partial charge in [0, 0.05) is 16.6 Å². The van der Waals surface area contributed by atoms with Crippen LogP contribution in [0.5, 0.6) is 0 Å². The zero-order chi connectivity index (χ0) is 14.8.